The minimum atomic E-state index is -1.53. The van der Waals surface area contributed by atoms with E-state index in [9.17, 15) is 0 Å². The predicted molar refractivity (Wildman–Crippen MR) is 116 cm³/mol. The molecule has 0 nitrogen and oxygen atoms in total. The van der Waals surface area contributed by atoms with E-state index >= 15 is 0 Å². The van der Waals surface area contributed by atoms with E-state index in [1.54, 1.807) is 11.1 Å². The molecular formula is C24H29Cl2SiZr. The van der Waals surface area contributed by atoms with Gasteiger partial charge in [-0.05, 0) is 0 Å². The molecule has 0 fully saturated rings. The first-order chi connectivity index (χ1) is 12.8. The molecule has 0 radical (unpaired) electrons. The molecule has 147 valence electrons. The zero-order valence-electron chi connectivity index (χ0n) is 17.2. The second-order valence-electron chi connectivity index (χ2n) is 6.70. The van der Waals surface area contributed by atoms with Crippen LogP contribution in [0, 0.1) is 0 Å². The number of hydrogen-bond donors (Lipinski definition) is 0. The number of hydrogen-bond acceptors (Lipinski definition) is 0. The quantitative estimate of drug-likeness (QED) is 0.527. The van der Waals surface area contributed by atoms with Crippen molar-refractivity contribution in [3.8, 4) is 11.1 Å². The van der Waals surface area contributed by atoms with Gasteiger partial charge in [-0.15, -0.1) is 0 Å². The molecule has 0 N–H and O–H groups in total. The molecule has 4 rings (SSSR count). The predicted octanol–water partition coefficient (Wildman–Crippen LogP) is 0.440. The van der Waals surface area contributed by atoms with Crippen LogP contribution in [-0.2, 0) is 20.9 Å². The first kappa shape index (κ1) is 25.4. The van der Waals surface area contributed by atoms with Crippen molar-refractivity contribution in [2.24, 2.45) is 0 Å². The van der Waals surface area contributed by atoms with Gasteiger partial charge in [0.15, 0.2) is 0 Å². The van der Waals surface area contributed by atoms with Gasteiger partial charge in [-0.3, -0.25) is 0 Å². The van der Waals surface area contributed by atoms with E-state index in [4.69, 9.17) is 0 Å². The van der Waals surface area contributed by atoms with Crippen LogP contribution in [-0.4, -0.2) is 6.65 Å². The smallest absolute Gasteiger partial charge is 1.00 e. The second kappa shape index (κ2) is 12.1. The largest absolute Gasteiger partial charge is 1.00 e. The maximum absolute atomic E-state index is 2.56. The van der Waals surface area contributed by atoms with Gasteiger partial charge in [0.1, 0.15) is 0 Å². The van der Waals surface area contributed by atoms with E-state index in [1.165, 1.54) is 23.1 Å². The van der Waals surface area contributed by atoms with E-state index in [0.29, 0.717) is 0 Å². The summed E-state index contributed by atoms with van der Waals surface area (Å²) < 4.78 is 2.64. The first-order valence-electron chi connectivity index (χ1n) is 9.88. The summed E-state index contributed by atoms with van der Waals surface area (Å²) in [6.07, 6.45) is 10.8. The summed E-state index contributed by atoms with van der Waals surface area (Å²) in [7, 11) is 0. The molecule has 0 amide bonds. The molecule has 28 heavy (non-hydrogen) atoms. The van der Waals surface area contributed by atoms with Crippen molar-refractivity contribution in [1.29, 1.82) is 0 Å². The molecule has 2 aliphatic carbocycles. The molecule has 0 heterocycles. The Morgan fingerprint density at radius 2 is 1.68 bits per heavy atom. The zero-order valence-corrected chi connectivity index (χ0v) is 22.6. The third-order valence-electron chi connectivity index (χ3n) is 5.28. The topological polar surface area (TPSA) is 0 Å². The van der Waals surface area contributed by atoms with Gasteiger partial charge in [0, 0.05) is 0 Å². The Hall–Kier alpha value is -0.660. The van der Waals surface area contributed by atoms with Gasteiger partial charge >= 0.3 is 155 Å². The average molecular weight is 508 g/mol. The molecule has 0 spiro atoms. The monoisotopic (exact) mass is 505 g/mol. The molecule has 0 saturated heterocycles. The number of rotatable bonds is 4. The summed E-state index contributed by atoms with van der Waals surface area (Å²) in [4.78, 5) is 0. The van der Waals surface area contributed by atoms with Gasteiger partial charge in [0.25, 0.3) is 0 Å². The van der Waals surface area contributed by atoms with E-state index in [2.05, 4.69) is 86.3 Å². The SMILES string of the molecule is CC.C[SiH2][Zr+2]([C]1=CC=CC1)[CH]1C(C)=Cc2c(-c3ccccc3)cccc21.[Cl-].[Cl-]. The van der Waals surface area contributed by atoms with Crippen LogP contribution in [0.5, 0.6) is 0 Å². The van der Waals surface area contributed by atoms with Crippen LogP contribution in [0.4, 0.5) is 0 Å². The maximum atomic E-state index is 2.56. The molecular weight excluding hydrogens is 478 g/mol. The molecule has 2 aromatic rings. The van der Waals surface area contributed by atoms with Crippen molar-refractivity contribution in [2.45, 2.75) is 37.4 Å². The van der Waals surface area contributed by atoms with E-state index in [1.807, 2.05) is 17.1 Å². The molecule has 2 aromatic carbocycles. The molecule has 4 heteroatoms. The van der Waals surface area contributed by atoms with Gasteiger partial charge < -0.3 is 24.8 Å². The van der Waals surface area contributed by atoms with Crippen LogP contribution in [0.25, 0.3) is 17.2 Å². The summed E-state index contributed by atoms with van der Waals surface area (Å²) in [6.45, 7) is 9.01. The fourth-order valence-electron chi connectivity index (χ4n) is 4.19. The molecule has 1 atom stereocenters. The third kappa shape index (κ3) is 5.08. The summed E-state index contributed by atoms with van der Waals surface area (Å²) >= 11 is -1.53. The Labute approximate surface area is 192 Å². The molecule has 2 aliphatic rings. The van der Waals surface area contributed by atoms with E-state index in [-0.39, 0.29) is 31.5 Å². The minimum absolute atomic E-state index is 0. The molecule has 1 unspecified atom stereocenters. The van der Waals surface area contributed by atoms with Crippen molar-refractivity contribution >= 4 is 12.7 Å². The van der Waals surface area contributed by atoms with Gasteiger partial charge in [-0.1, -0.05) is 13.8 Å². The Morgan fingerprint density at radius 3 is 2.29 bits per heavy atom. The zero-order chi connectivity index (χ0) is 18.5. The molecule has 0 aromatic heterocycles. The number of halogens is 2. The Morgan fingerprint density at radius 1 is 0.964 bits per heavy atom. The Kier molecular flexibility index (Phi) is 11.0. The summed E-state index contributed by atoms with van der Waals surface area (Å²) in [6, 6.07) is 17.9. The Balaban J connectivity index is 0.000000950. The van der Waals surface area contributed by atoms with Crippen LogP contribution in [0.1, 0.15) is 41.9 Å². The van der Waals surface area contributed by atoms with Crippen LogP contribution < -0.4 is 24.8 Å². The molecule has 0 saturated carbocycles. The van der Waals surface area contributed by atoms with Crippen LogP contribution in [0.3, 0.4) is 0 Å². The van der Waals surface area contributed by atoms with Gasteiger partial charge in [0.2, 0.25) is 0 Å². The average Bonchev–Trinajstić information content (AvgIpc) is 3.33. The summed E-state index contributed by atoms with van der Waals surface area (Å²) in [5, 5.41) is 0. The van der Waals surface area contributed by atoms with Crippen molar-refractivity contribution in [1.82, 2.24) is 0 Å². The van der Waals surface area contributed by atoms with Crippen LogP contribution in [0.2, 0.25) is 6.55 Å². The standard InChI is InChI=1S/C16H13.C5H5.C2H6.CH5Si.2ClH.Zr/c1-12-10-14-8-5-9-15(16(14)11-12)13-6-3-2-4-7-13;1-2-4-5-3-1;2*1-2;;;/h2-11H,1H3;1-3H,4H2;1-2H3;2H2,1H3;2*1H;/q;;;;;;+2/p-2. The van der Waals surface area contributed by atoms with Crippen molar-refractivity contribution < 1.29 is 45.7 Å². The fourth-order valence-corrected chi connectivity index (χ4v) is 21.9. The van der Waals surface area contributed by atoms with Gasteiger partial charge in [-0.25, -0.2) is 0 Å². The van der Waals surface area contributed by atoms with Crippen molar-refractivity contribution in [3.63, 3.8) is 0 Å². The second-order valence-corrected chi connectivity index (χ2v) is 22.7. The molecule has 0 bridgehead atoms. The van der Waals surface area contributed by atoms with Crippen LogP contribution >= 0.6 is 0 Å². The van der Waals surface area contributed by atoms with E-state index in [0.717, 1.165) is 3.63 Å². The van der Waals surface area contributed by atoms with E-state index < -0.39 is 20.9 Å². The number of allylic oxidation sites excluding steroid dienone is 5. The van der Waals surface area contributed by atoms with Crippen molar-refractivity contribution in [3.05, 3.63) is 86.7 Å². The molecule has 0 aliphatic heterocycles. The number of benzene rings is 2. The summed E-state index contributed by atoms with van der Waals surface area (Å²) in [5.74, 6) is 0. The van der Waals surface area contributed by atoms with Crippen LogP contribution in [0.15, 0.2) is 75.6 Å². The van der Waals surface area contributed by atoms with Crippen molar-refractivity contribution in [2.75, 3.05) is 0 Å². The first-order valence-corrected chi connectivity index (χ1v) is 19.9. The van der Waals surface area contributed by atoms with Gasteiger partial charge in [-0.2, -0.15) is 0 Å². The maximum Gasteiger partial charge on any atom is -1.00 e. The summed E-state index contributed by atoms with van der Waals surface area (Å²) in [5.41, 5.74) is 7.52. The number of fused-ring (bicyclic) bond motifs is 1. The Bertz CT molecular complexity index is 856. The normalized spacial score (nSPS) is 16.4. The van der Waals surface area contributed by atoms with Gasteiger partial charge in [0.05, 0.1) is 0 Å². The third-order valence-corrected chi connectivity index (χ3v) is 23.3. The minimum Gasteiger partial charge on any atom is -1.00 e. The fraction of sp³-hybridized carbons (Fsp3) is 0.250.